The van der Waals surface area contributed by atoms with Gasteiger partial charge in [0.15, 0.2) is 0 Å². The maximum Gasteiger partial charge on any atom is 0.219 e. The lowest BCUT2D eigenvalue weighted by Crippen LogP contribution is -1.90. The van der Waals surface area contributed by atoms with E-state index in [1.54, 1.807) is 18.0 Å². The van der Waals surface area contributed by atoms with Crippen molar-refractivity contribution in [2.24, 2.45) is 0 Å². The molecule has 0 aliphatic carbocycles. The molecule has 0 N–H and O–H groups in total. The Morgan fingerprint density at radius 3 is 2.17 bits per heavy atom. The number of thioether (sulfide) groups is 2. The smallest absolute Gasteiger partial charge is 0.219 e. The number of carbonyl (C=O) groups is 1. The second kappa shape index (κ2) is 4.58. The molecule has 1 aromatic rings. The third-order valence-electron chi connectivity index (χ3n) is 1.51. The highest BCUT2D eigenvalue weighted by molar-refractivity contribution is 8.13. The second-order valence-electron chi connectivity index (χ2n) is 2.22. The average Bonchev–Trinajstić information content (AvgIpc) is 2.17. The van der Waals surface area contributed by atoms with Crippen LogP contribution in [0.25, 0.3) is 0 Å². The molecule has 1 aromatic carbocycles. The predicted octanol–water partition coefficient (Wildman–Crippen LogP) is 2.91. The van der Waals surface area contributed by atoms with E-state index in [0.717, 1.165) is 5.56 Å². The van der Waals surface area contributed by atoms with Gasteiger partial charge in [-0.1, -0.05) is 11.8 Å². The van der Waals surface area contributed by atoms with Crippen molar-refractivity contribution in [3.63, 3.8) is 0 Å². The van der Waals surface area contributed by atoms with E-state index in [-0.39, 0.29) is 5.12 Å². The summed E-state index contributed by atoms with van der Waals surface area (Å²) in [5.41, 5.74) is 0.778. The Hall–Kier alpha value is -0.410. The standard InChI is InChI=1S/C9H10OS2/c1-11-8-5-3-7(4-6-8)9(10)12-2/h3-6H,1-2H3. The Morgan fingerprint density at radius 1 is 1.17 bits per heavy atom. The zero-order chi connectivity index (χ0) is 8.97. The molecule has 1 nitrogen and oxygen atoms in total. The molecule has 0 fully saturated rings. The molecule has 0 aromatic heterocycles. The van der Waals surface area contributed by atoms with Crippen LogP contribution >= 0.6 is 23.5 Å². The highest BCUT2D eigenvalue weighted by Crippen LogP contribution is 2.16. The monoisotopic (exact) mass is 198 g/mol. The van der Waals surface area contributed by atoms with Crippen molar-refractivity contribution in [3.05, 3.63) is 29.8 Å². The van der Waals surface area contributed by atoms with Crippen LogP contribution in [0.3, 0.4) is 0 Å². The molecule has 0 amide bonds. The molecule has 0 unspecified atom stereocenters. The zero-order valence-corrected chi connectivity index (χ0v) is 8.67. The van der Waals surface area contributed by atoms with E-state index >= 15 is 0 Å². The molecule has 12 heavy (non-hydrogen) atoms. The number of carbonyl (C=O) groups excluding carboxylic acids is 1. The van der Waals surface area contributed by atoms with Crippen LogP contribution in [0.2, 0.25) is 0 Å². The lowest BCUT2D eigenvalue weighted by Gasteiger charge is -1.98. The maximum atomic E-state index is 11.2. The van der Waals surface area contributed by atoms with Crippen LogP contribution in [-0.2, 0) is 0 Å². The Bertz CT molecular complexity index is 266. The van der Waals surface area contributed by atoms with E-state index in [0.29, 0.717) is 0 Å². The first-order chi connectivity index (χ1) is 5.77. The topological polar surface area (TPSA) is 17.1 Å². The van der Waals surface area contributed by atoms with Gasteiger partial charge in [-0.05, 0) is 36.8 Å². The van der Waals surface area contributed by atoms with Gasteiger partial charge >= 0.3 is 0 Å². The third kappa shape index (κ3) is 2.29. The summed E-state index contributed by atoms with van der Waals surface area (Å²) in [4.78, 5) is 12.4. The lowest BCUT2D eigenvalue weighted by atomic mass is 10.2. The Kier molecular flexibility index (Phi) is 3.69. The molecule has 0 aliphatic heterocycles. The highest BCUT2D eigenvalue weighted by atomic mass is 32.2. The molecule has 0 saturated heterocycles. The summed E-state index contributed by atoms with van der Waals surface area (Å²) in [6, 6.07) is 7.66. The summed E-state index contributed by atoms with van der Waals surface area (Å²) in [6.45, 7) is 0. The van der Waals surface area contributed by atoms with E-state index in [1.807, 2.05) is 30.5 Å². The minimum atomic E-state index is 0.127. The molecule has 0 heterocycles. The summed E-state index contributed by atoms with van der Waals surface area (Å²) >= 11 is 2.92. The van der Waals surface area contributed by atoms with Gasteiger partial charge in [-0.3, -0.25) is 4.79 Å². The molecule has 0 aliphatic rings. The molecule has 3 heteroatoms. The number of hydrogen-bond donors (Lipinski definition) is 0. The quantitative estimate of drug-likeness (QED) is 0.680. The fourth-order valence-electron chi connectivity index (χ4n) is 0.845. The third-order valence-corrected chi connectivity index (χ3v) is 2.86. The Balaban J connectivity index is 2.84. The van der Waals surface area contributed by atoms with Crippen molar-refractivity contribution in [1.82, 2.24) is 0 Å². The Labute approximate surface area is 80.9 Å². The van der Waals surface area contributed by atoms with E-state index in [4.69, 9.17) is 0 Å². The van der Waals surface area contributed by atoms with Crippen LogP contribution in [0.5, 0.6) is 0 Å². The summed E-state index contributed by atoms with van der Waals surface area (Å²) < 4.78 is 0. The van der Waals surface area contributed by atoms with Crippen LogP contribution in [0.1, 0.15) is 10.4 Å². The Morgan fingerprint density at radius 2 is 1.75 bits per heavy atom. The average molecular weight is 198 g/mol. The molecule has 0 radical (unpaired) electrons. The van der Waals surface area contributed by atoms with E-state index in [1.165, 1.54) is 16.7 Å². The van der Waals surface area contributed by atoms with E-state index < -0.39 is 0 Å². The van der Waals surface area contributed by atoms with Crippen molar-refractivity contribution in [2.45, 2.75) is 4.90 Å². The van der Waals surface area contributed by atoms with Gasteiger partial charge in [0.2, 0.25) is 5.12 Å². The van der Waals surface area contributed by atoms with Crippen molar-refractivity contribution in [2.75, 3.05) is 12.5 Å². The first-order valence-corrected chi connectivity index (χ1v) is 5.95. The van der Waals surface area contributed by atoms with Crippen LogP contribution in [0.4, 0.5) is 0 Å². The van der Waals surface area contributed by atoms with E-state index in [2.05, 4.69) is 0 Å². The van der Waals surface area contributed by atoms with Gasteiger partial charge in [0.05, 0.1) is 0 Å². The van der Waals surface area contributed by atoms with Crippen LogP contribution < -0.4 is 0 Å². The fourth-order valence-corrected chi connectivity index (χ4v) is 1.62. The lowest BCUT2D eigenvalue weighted by molar-refractivity contribution is 0.108. The van der Waals surface area contributed by atoms with Crippen LogP contribution in [0, 0.1) is 0 Å². The minimum absolute atomic E-state index is 0.127. The van der Waals surface area contributed by atoms with Crippen molar-refractivity contribution >= 4 is 28.6 Å². The normalized spacial score (nSPS) is 9.83. The van der Waals surface area contributed by atoms with Crippen molar-refractivity contribution < 1.29 is 4.79 Å². The minimum Gasteiger partial charge on any atom is -0.282 e. The van der Waals surface area contributed by atoms with E-state index in [9.17, 15) is 4.79 Å². The first-order valence-electron chi connectivity index (χ1n) is 3.50. The second-order valence-corrected chi connectivity index (χ2v) is 3.88. The van der Waals surface area contributed by atoms with Crippen LogP contribution in [-0.4, -0.2) is 17.6 Å². The molecule has 0 spiro atoms. The van der Waals surface area contributed by atoms with Crippen LogP contribution in [0.15, 0.2) is 29.2 Å². The van der Waals surface area contributed by atoms with Gasteiger partial charge in [0.25, 0.3) is 0 Å². The first kappa shape index (κ1) is 9.68. The zero-order valence-electron chi connectivity index (χ0n) is 7.03. The predicted molar refractivity (Wildman–Crippen MR) is 56.1 cm³/mol. The molecule has 0 saturated carbocycles. The van der Waals surface area contributed by atoms with Gasteiger partial charge in [-0.2, -0.15) is 0 Å². The number of benzene rings is 1. The summed E-state index contributed by atoms with van der Waals surface area (Å²) in [5.74, 6) is 0. The SMILES string of the molecule is CSC(=O)c1ccc(SC)cc1. The van der Waals surface area contributed by atoms with Crippen molar-refractivity contribution in [3.8, 4) is 0 Å². The number of hydrogen-bond acceptors (Lipinski definition) is 3. The maximum absolute atomic E-state index is 11.2. The highest BCUT2D eigenvalue weighted by Gasteiger charge is 2.01. The molecule has 64 valence electrons. The van der Waals surface area contributed by atoms with Gasteiger partial charge in [0.1, 0.15) is 0 Å². The fraction of sp³-hybridized carbons (Fsp3) is 0.222. The summed E-state index contributed by atoms with van der Waals surface area (Å²) in [5, 5.41) is 0.127. The van der Waals surface area contributed by atoms with Gasteiger partial charge in [-0.15, -0.1) is 11.8 Å². The van der Waals surface area contributed by atoms with Crippen molar-refractivity contribution in [1.29, 1.82) is 0 Å². The molecule has 1 rings (SSSR count). The molecular weight excluding hydrogens is 188 g/mol. The largest absolute Gasteiger partial charge is 0.282 e. The molecule has 0 bridgehead atoms. The molecule has 0 atom stereocenters. The number of rotatable bonds is 2. The van der Waals surface area contributed by atoms with Gasteiger partial charge < -0.3 is 0 Å². The van der Waals surface area contributed by atoms with Gasteiger partial charge in [0, 0.05) is 10.5 Å². The summed E-state index contributed by atoms with van der Waals surface area (Å²) in [6.07, 6.45) is 3.82. The molecular formula is C9H10OS2. The summed E-state index contributed by atoms with van der Waals surface area (Å²) in [7, 11) is 0. The van der Waals surface area contributed by atoms with Gasteiger partial charge in [-0.25, -0.2) is 0 Å².